The van der Waals surface area contributed by atoms with Crippen LogP contribution in [0.3, 0.4) is 0 Å². The number of benzene rings is 4. The lowest BCUT2D eigenvalue weighted by molar-refractivity contribution is -0.135. The summed E-state index contributed by atoms with van der Waals surface area (Å²) in [5.74, 6) is -3.85. The zero-order chi connectivity index (χ0) is 36.4. The van der Waals surface area contributed by atoms with Gasteiger partial charge >= 0.3 is 0 Å². The third kappa shape index (κ3) is 5.06. The van der Waals surface area contributed by atoms with Crippen molar-refractivity contribution in [1.29, 1.82) is 0 Å². The topological polar surface area (TPSA) is 104 Å². The highest BCUT2D eigenvalue weighted by Gasteiger charge is 2.66. The van der Waals surface area contributed by atoms with Gasteiger partial charge in [-0.1, -0.05) is 84.4 Å². The molecule has 2 amide bonds. The minimum absolute atomic E-state index is 0.133. The summed E-state index contributed by atoms with van der Waals surface area (Å²) in [5, 5.41) is 10.6. The van der Waals surface area contributed by atoms with Crippen LogP contribution in [0.1, 0.15) is 41.0 Å². The Bertz CT molecular complexity index is 2200. The van der Waals surface area contributed by atoms with Gasteiger partial charge in [-0.2, -0.15) is 0 Å². The number of aryl methyl sites for hydroxylation is 1. The summed E-state index contributed by atoms with van der Waals surface area (Å²) in [6.45, 7) is 4.67. The fourth-order valence-electron chi connectivity index (χ4n) is 10.00. The highest BCUT2D eigenvalue weighted by molar-refractivity contribution is 6.32. The Morgan fingerprint density at radius 1 is 0.774 bits per heavy atom. The molecular formula is C45H40N2O6. The van der Waals surface area contributed by atoms with Crippen LogP contribution < -0.4 is 9.80 Å². The van der Waals surface area contributed by atoms with Gasteiger partial charge in [0.05, 0.1) is 36.2 Å². The van der Waals surface area contributed by atoms with Crippen LogP contribution >= 0.6 is 0 Å². The van der Waals surface area contributed by atoms with Crippen molar-refractivity contribution in [3.8, 4) is 5.75 Å². The number of ether oxygens (including phenoxy) is 1. The molecule has 8 heteroatoms. The fourth-order valence-corrected chi connectivity index (χ4v) is 10.00. The molecule has 0 unspecified atom stereocenters. The van der Waals surface area contributed by atoms with Crippen LogP contribution in [0.2, 0.25) is 0 Å². The molecule has 1 N–H and O–H groups in total. The van der Waals surface area contributed by atoms with E-state index in [0.29, 0.717) is 42.0 Å². The lowest BCUT2D eigenvalue weighted by Crippen LogP contribution is -2.58. The van der Waals surface area contributed by atoms with Gasteiger partial charge in [0, 0.05) is 36.2 Å². The van der Waals surface area contributed by atoms with Crippen molar-refractivity contribution >= 4 is 40.3 Å². The van der Waals surface area contributed by atoms with E-state index < -0.39 is 35.0 Å². The summed E-state index contributed by atoms with van der Waals surface area (Å²) in [5.41, 5.74) is 4.34. The molecule has 1 saturated carbocycles. The Hall–Kier alpha value is -5.60. The van der Waals surface area contributed by atoms with Gasteiger partial charge in [0.25, 0.3) is 0 Å². The van der Waals surface area contributed by atoms with Crippen molar-refractivity contribution in [1.82, 2.24) is 0 Å². The van der Waals surface area contributed by atoms with Crippen molar-refractivity contribution in [3.63, 3.8) is 0 Å². The third-order valence-corrected chi connectivity index (χ3v) is 12.4. The maximum Gasteiger partial charge on any atom is 0.238 e. The number of hydrogen-bond donors (Lipinski definition) is 1. The van der Waals surface area contributed by atoms with E-state index in [2.05, 4.69) is 11.0 Å². The van der Waals surface area contributed by atoms with Crippen molar-refractivity contribution in [2.24, 2.45) is 23.7 Å². The van der Waals surface area contributed by atoms with E-state index in [1.807, 2.05) is 104 Å². The van der Waals surface area contributed by atoms with Crippen LogP contribution in [0.4, 0.5) is 11.4 Å². The molecule has 0 aromatic heterocycles. The van der Waals surface area contributed by atoms with Crippen LogP contribution in [0, 0.1) is 30.6 Å². The molecule has 5 aliphatic rings. The number of imide groups is 1. The van der Waals surface area contributed by atoms with E-state index in [0.717, 1.165) is 35.5 Å². The van der Waals surface area contributed by atoms with Gasteiger partial charge in [0.15, 0.2) is 11.6 Å². The summed E-state index contributed by atoms with van der Waals surface area (Å²) < 4.78 is 5.51. The molecule has 0 radical (unpaired) electrons. The Morgan fingerprint density at radius 3 is 2.15 bits per heavy atom. The number of nitrogens with zero attached hydrogens (tertiary/aromatic N) is 2. The first-order chi connectivity index (χ1) is 25.8. The van der Waals surface area contributed by atoms with Gasteiger partial charge in [0.1, 0.15) is 5.75 Å². The van der Waals surface area contributed by atoms with E-state index in [1.54, 1.807) is 6.07 Å². The third-order valence-electron chi connectivity index (χ3n) is 12.4. The van der Waals surface area contributed by atoms with Crippen LogP contribution in [-0.2, 0) is 29.3 Å². The molecule has 266 valence electrons. The van der Waals surface area contributed by atoms with E-state index in [-0.39, 0.29) is 35.6 Å². The highest BCUT2D eigenvalue weighted by Crippen LogP contribution is 2.64. The number of rotatable bonds is 5. The van der Waals surface area contributed by atoms with Crippen molar-refractivity contribution < 1.29 is 29.0 Å². The SMILES string of the molecule is Cc1cc([C@H]2C3=CC[C@@H]4C(=O)N(c5ccc(N6CCOCC6)cc5)C(=O)[C@@H]4[C@@H]3C[C@H]3C(=O)C(c4ccccc4)=CC(=O)[C@@]23c2ccccc2)ccc1O. The van der Waals surface area contributed by atoms with Gasteiger partial charge < -0.3 is 14.7 Å². The van der Waals surface area contributed by atoms with E-state index >= 15 is 9.59 Å². The molecule has 3 aliphatic carbocycles. The Kier molecular flexibility index (Phi) is 8.04. The quantitative estimate of drug-likeness (QED) is 0.185. The molecule has 2 saturated heterocycles. The van der Waals surface area contributed by atoms with Gasteiger partial charge in [0.2, 0.25) is 11.8 Å². The number of carbonyl (C=O) groups is 4. The van der Waals surface area contributed by atoms with Crippen LogP contribution in [-0.4, -0.2) is 54.8 Å². The molecule has 2 aliphatic heterocycles. The zero-order valence-corrected chi connectivity index (χ0v) is 29.5. The Balaban J connectivity index is 1.19. The second-order valence-electron chi connectivity index (χ2n) is 15.0. The van der Waals surface area contributed by atoms with Gasteiger partial charge in [-0.15, -0.1) is 0 Å². The van der Waals surface area contributed by atoms with E-state index in [4.69, 9.17) is 4.74 Å². The number of hydrogen-bond acceptors (Lipinski definition) is 7. The monoisotopic (exact) mass is 704 g/mol. The summed E-state index contributed by atoms with van der Waals surface area (Å²) >= 11 is 0. The predicted molar refractivity (Wildman–Crippen MR) is 201 cm³/mol. The van der Waals surface area contributed by atoms with Crippen LogP contribution in [0.15, 0.2) is 121 Å². The summed E-state index contributed by atoms with van der Waals surface area (Å²) in [6.07, 6.45) is 4.19. The molecule has 4 aromatic carbocycles. The lowest BCUT2D eigenvalue weighted by atomic mass is 9.44. The van der Waals surface area contributed by atoms with Gasteiger partial charge in [-0.3, -0.25) is 24.1 Å². The number of aromatic hydroxyl groups is 1. The summed E-state index contributed by atoms with van der Waals surface area (Å²) in [7, 11) is 0. The molecule has 9 rings (SSSR count). The minimum atomic E-state index is -1.31. The maximum atomic E-state index is 15.2. The molecule has 6 atom stereocenters. The number of phenolic OH excluding ortho intramolecular Hbond substituents is 1. The number of carbonyl (C=O) groups excluding carboxylic acids is 4. The second kappa shape index (κ2) is 12.8. The van der Waals surface area contributed by atoms with Crippen LogP contribution in [0.5, 0.6) is 5.75 Å². The molecule has 8 nitrogen and oxygen atoms in total. The molecule has 0 spiro atoms. The maximum absolute atomic E-state index is 15.2. The number of allylic oxidation sites excluding steroid dienone is 4. The van der Waals surface area contributed by atoms with Crippen molar-refractivity contribution in [3.05, 3.63) is 143 Å². The number of fused-ring (bicyclic) bond motifs is 4. The average Bonchev–Trinajstić information content (AvgIpc) is 3.46. The minimum Gasteiger partial charge on any atom is -0.508 e. The average molecular weight is 705 g/mol. The van der Waals surface area contributed by atoms with E-state index in [9.17, 15) is 14.7 Å². The summed E-state index contributed by atoms with van der Waals surface area (Å²) in [6, 6.07) is 31.8. The van der Waals surface area contributed by atoms with Crippen molar-refractivity contribution in [2.75, 3.05) is 36.1 Å². The molecule has 53 heavy (non-hydrogen) atoms. The first-order valence-electron chi connectivity index (χ1n) is 18.5. The summed E-state index contributed by atoms with van der Waals surface area (Å²) in [4.78, 5) is 62.8. The van der Waals surface area contributed by atoms with Crippen LogP contribution in [0.25, 0.3) is 5.57 Å². The Morgan fingerprint density at radius 2 is 1.45 bits per heavy atom. The van der Waals surface area contributed by atoms with Gasteiger partial charge in [-0.05, 0) is 84.3 Å². The second-order valence-corrected chi connectivity index (χ2v) is 15.0. The molecule has 3 fully saturated rings. The largest absolute Gasteiger partial charge is 0.508 e. The molecule has 2 heterocycles. The lowest BCUT2D eigenvalue weighted by Gasteiger charge is -2.55. The predicted octanol–water partition coefficient (Wildman–Crippen LogP) is 6.57. The molecule has 0 bridgehead atoms. The first-order valence-corrected chi connectivity index (χ1v) is 18.5. The highest BCUT2D eigenvalue weighted by atomic mass is 16.5. The normalized spacial score (nSPS) is 28.2. The zero-order valence-electron chi connectivity index (χ0n) is 29.5. The number of Topliss-reactive ketones (excluding diaryl/α,β-unsaturated/α-hetero) is 1. The Labute approximate surface area is 308 Å². The number of ketones is 2. The first kappa shape index (κ1) is 33.3. The number of amides is 2. The molecular weight excluding hydrogens is 665 g/mol. The van der Waals surface area contributed by atoms with Crippen molar-refractivity contribution in [2.45, 2.75) is 31.1 Å². The number of morpholine rings is 1. The number of phenols is 1. The number of anilines is 2. The van der Waals surface area contributed by atoms with Gasteiger partial charge in [-0.25, -0.2) is 0 Å². The smallest absolute Gasteiger partial charge is 0.238 e. The standard InChI is InChI=1S/C45H40N2O6/c1-27-24-29(12-19-38(27)48)41-33-17-18-34-40(44(52)47(43(34)51)32-15-13-31(14-16-32)46-20-22-53-23-21-46)36(33)25-37-42(50)35(28-8-4-2-5-9-28)26-39(49)45(37,41)30-10-6-3-7-11-30/h2-17,19,24,26,34,36-37,40-41,48H,18,20-23,25H2,1H3/t34-,36+,37-,40-,41-,45-/m0/s1. The van der Waals surface area contributed by atoms with E-state index in [1.165, 1.54) is 11.0 Å². The fraction of sp³-hybridized carbons (Fsp3) is 0.289. The molecule has 4 aromatic rings.